The Morgan fingerprint density at radius 2 is 1.60 bits per heavy atom. The van der Waals surface area contributed by atoms with Crippen molar-refractivity contribution in [1.29, 1.82) is 0 Å². The van der Waals surface area contributed by atoms with Crippen LogP contribution >= 0.6 is 0 Å². The molecule has 0 aromatic rings. The van der Waals surface area contributed by atoms with Gasteiger partial charge in [-0.15, -0.1) is 0 Å². The lowest BCUT2D eigenvalue weighted by Crippen LogP contribution is -2.20. The summed E-state index contributed by atoms with van der Waals surface area (Å²) < 4.78 is 0. The van der Waals surface area contributed by atoms with Crippen molar-refractivity contribution < 1.29 is 5.11 Å². The third-order valence-corrected chi connectivity index (χ3v) is 0.705. The van der Waals surface area contributed by atoms with Crippen LogP contribution in [0.5, 0.6) is 0 Å². The molecule has 0 atom stereocenters. The van der Waals surface area contributed by atoms with Crippen LogP contribution in [0.2, 0.25) is 0 Å². The Labute approximate surface area is 62.8 Å². The molecule has 0 radical (unpaired) electrons. The summed E-state index contributed by atoms with van der Waals surface area (Å²) in [7, 11) is 4.01. The molecule has 0 amide bonds. The third-order valence-electron chi connectivity index (χ3n) is 0.705. The van der Waals surface area contributed by atoms with Crippen molar-refractivity contribution >= 4 is 0 Å². The van der Waals surface area contributed by atoms with E-state index in [1.165, 1.54) is 0 Å². The second-order valence-corrected chi connectivity index (χ2v) is 2.10. The Kier molecular flexibility index (Phi) is 14.5. The van der Waals surface area contributed by atoms with Crippen LogP contribution in [-0.4, -0.2) is 50.3 Å². The van der Waals surface area contributed by atoms with Crippen LogP contribution in [0.3, 0.4) is 0 Å². The molecule has 4 nitrogen and oxygen atoms in total. The van der Waals surface area contributed by atoms with Crippen LogP contribution in [0.25, 0.3) is 0 Å². The molecule has 0 bridgehead atoms. The molecule has 0 spiro atoms. The van der Waals surface area contributed by atoms with Gasteiger partial charge in [0.25, 0.3) is 0 Å². The van der Waals surface area contributed by atoms with E-state index in [9.17, 15) is 0 Å². The number of hydrogen-bond donors (Lipinski definition) is 3. The maximum Gasteiger partial charge on any atom is 0.0553 e. The first-order chi connectivity index (χ1) is 4.68. The SMILES string of the molecule is CN(C)CCN.NCCO. The summed E-state index contributed by atoms with van der Waals surface area (Å²) >= 11 is 0. The molecule has 0 aromatic heterocycles. The number of aliphatic hydroxyl groups is 1. The van der Waals surface area contributed by atoms with Crippen molar-refractivity contribution in [3.05, 3.63) is 0 Å². The van der Waals surface area contributed by atoms with Gasteiger partial charge in [-0.2, -0.15) is 0 Å². The van der Waals surface area contributed by atoms with Crippen LogP contribution in [0.1, 0.15) is 0 Å². The minimum absolute atomic E-state index is 0.0972. The number of likely N-dealkylation sites (N-methyl/N-ethyl adjacent to an activating group) is 1. The maximum absolute atomic E-state index is 7.75. The van der Waals surface area contributed by atoms with Gasteiger partial charge in [0.1, 0.15) is 0 Å². The molecule has 64 valence electrons. The van der Waals surface area contributed by atoms with Crippen LogP contribution in [0.15, 0.2) is 0 Å². The van der Waals surface area contributed by atoms with E-state index in [2.05, 4.69) is 4.90 Å². The highest BCUT2D eigenvalue weighted by Crippen LogP contribution is 1.64. The predicted molar refractivity (Wildman–Crippen MR) is 43.7 cm³/mol. The Morgan fingerprint density at radius 1 is 1.20 bits per heavy atom. The Hall–Kier alpha value is -0.160. The third kappa shape index (κ3) is 24.9. The van der Waals surface area contributed by atoms with Gasteiger partial charge in [-0.1, -0.05) is 0 Å². The van der Waals surface area contributed by atoms with Gasteiger partial charge in [-0.3, -0.25) is 0 Å². The van der Waals surface area contributed by atoms with E-state index in [-0.39, 0.29) is 6.61 Å². The molecular weight excluding hydrogens is 130 g/mol. The van der Waals surface area contributed by atoms with Crippen molar-refractivity contribution in [3.63, 3.8) is 0 Å². The molecular formula is C6H19N3O. The van der Waals surface area contributed by atoms with E-state index in [1.807, 2.05) is 14.1 Å². The van der Waals surface area contributed by atoms with Crippen molar-refractivity contribution in [2.75, 3.05) is 40.3 Å². The number of hydrogen-bond acceptors (Lipinski definition) is 4. The smallest absolute Gasteiger partial charge is 0.0553 e. The van der Waals surface area contributed by atoms with Crippen LogP contribution in [-0.2, 0) is 0 Å². The maximum atomic E-state index is 7.75. The monoisotopic (exact) mass is 149 g/mol. The molecule has 0 unspecified atom stereocenters. The largest absolute Gasteiger partial charge is 0.395 e. The molecule has 4 heteroatoms. The molecule has 0 saturated carbocycles. The first kappa shape index (κ1) is 12.5. The molecule has 5 N–H and O–H groups in total. The first-order valence-electron chi connectivity index (χ1n) is 3.34. The summed E-state index contributed by atoms with van der Waals surface area (Å²) in [6.45, 7) is 2.22. The standard InChI is InChI=1S/C4H12N2.C2H7NO/c1-6(2)4-3-5;3-1-2-4/h3-5H2,1-2H3;4H,1-3H2. The van der Waals surface area contributed by atoms with Gasteiger partial charge in [0.2, 0.25) is 0 Å². The summed E-state index contributed by atoms with van der Waals surface area (Å²) in [6.07, 6.45) is 0. The quantitative estimate of drug-likeness (QED) is 0.454. The predicted octanol–water partition coefficient (Wildman–Crippen LogP) is -1.56. The van der Waals surface area contributed by atoms with Crippen molar-refractivity contribution in [2.45, 2.75) is 0 Å². The lowest BCUT2D eigenvalue weighted by molar-refractivity contribution is 0.306. The fourth-order valence-electron chi connectivity index (χ4n) is 0.258. The zero-order valence-electron chi connectivity index (χ0n) is 6.88. The topological polar surface area (TPSA) is 75.5 Å². The fraction of sp³-hybridized carbons (Fsp3) is 1.00. The zero-order chi connectivity index (χ0) is 8.41. The summed E-state index contributed by atoms with van der Waals surface area (Å²) in [5.41, 5.74) is 9.97. The van der Waals surface area contributed by atoms with E-state index < -0.39 is 0 Å². The lowest BCUT2D eigenvalue weighted by atomic mass is 10.6. The number of nitrogens with two attached hydrogens (primary N) is 2. The molecule has 0 aliphatic carbocycles. The highest BCUT2D eigenvalue weighted by atomic mass is 16.3. The molecule has 0 aliphatic heterocycles. The molecule has 0 rings (SSSR count). The Morgan fingerprint density at radius 3 is 1.60 bits per heavy atom. The number of rotatable bonds is 3. The van der Waals surface area contributed by atoms with Gasteiger partial charge in [0, 0.05) is 19.6 Å². The van der Waals surface area contributed by atoms with Gasteiger partial charge in [0.05, 0.1) is 6.61 Å². The van der Waals surface area contributed by atoms with Gasteiger partial charge in [0.15, 0.2) is 0 Å². The number of nitrogens with zero attached hydrogens (tertiary/aromatic N) is 1. The van der Waals surface area contributed by atoms with E-state index in [0.717, 1.165) is 13.1 Å². The van der Waals surface area contributed by atoms with Crippen LogP contribution in [0.4, 0.5) is 0 Å². The second kappa shape index (κ2) is 11.6. The van der Waals surface area contributed by atoms with E-state index in [1.54, 1.807) is 0 Å². The average molecular weight is 149 g/mol. The van der Waals surface area contributed by atoms with Gasteiger partial charge >= 0.3 is 0 Å². The highest BCUT2D eigenvalue weighted by molar-refractivity contribution is 4.38. The first-order valence-corrected chi connectivity index (χ1v) is 3.34. The van der Waals surface area contributed by atoms with Crippen LogP contribution in [0, 0.1) is 0 Å². The minimum atomic E-state index is 0.0972. The fourth-order valence-corrected chi connectivity index (χ4v) is 0.258. The molecule has 0 heterocycles. The molecule has 0 saturated heterocycles. The normalized spacial score (nSPS) is 9.00. The Balaban J connectivity index is 0. The Bertz CT molecular complexity index is 48.3. The minimum Gasteiger partial charge on any atom is -0.395 e. The second-order valence-electron chi connectivity index (χ2n) is 2.10. The van der Waals surface area contributed by atoms with Crippen LogP contribution < -0.4 is 11.5 Å². The van der Waals surface area contributed by atoms with Gasteiger partial charge < -0.3 is 21.5 Å². The molecule has 10 heavy (non-hydrogen) atoms. The summed E-state index contributed by atoms with van der Waals surface area (Å²) in [6, 6.07) is 0. The summed E-state index contributed by atoms with van der Waals surface area (Å²) in [5, 5.41) is 7.75. The van der Waals surface area contributed by atoms with E-state index >= 15 is 0 Å². The molecule has 0 fully saturated rings. The molecule has 0 aliphatic rings. The van der Waals surface area contributed by atoms with Crippen molar-refractivity contribution in [1.82, 2.24) is 4.90 Å². The lowest BCUT2D eigenvalue weighted by Gasteiger charge is -2.03. The van der Waals surface area contributed by atoms with Crippen molar-refractivity contribution in [2.24, 2.45) is 11.5 Å². The summed E-state index contributed by atoms with van der Waals surface area (Å²) in [5.74, 6) is 0. The van der Waals surface area contributed by atoms with Crippen molar-refractivity contribution in [3.8, 4) is 0 Å². The highest BCUT2D eigenvalue weighted by Gasteiger charge is 1.79. The zero-order valence-corrected chi connectivity index (χ0v) is 6.88. The van der Waals surface area contributed by atoms with E-state index in [0.29, 0.717) is 6.54 Å². The number of aliphatic hydroxyl groups excluding tert-OH is 1. The average Bonchev–Trinajstić information content (AvgIpc) is 1.89. The summed E-state index contributed by atoms with van der Waals surface area (Å²) in [4.78, 5) is 2.06. The molecule has 0 aromatic carbocycles. The van der Waals surface area contributed by atoms with Gasteiger partial charge in [-0.25, -0.2) is 0 Å². The van der Waals surface area contributed by atoms with Gasteiger partial charge in [-0.05, 0) is 14.1 Å². The van der Waals surface area contributed by atoms with E-state index in [4.69, 9.17) is 16.6 Å².